The summed E-state index contributed by atoms with van der Waals surface area (Å²) in [5.74, 6) is -2.92. The number of carbonyl (C=O) groups excluding carboxylic acids is 2. The van der Waals surface area contributed by atoms with E-state index in [4.69, 9.17) is 19.7 Å². The average Bonchev–Trinajstić information content (AvgIpc) is 2.55. The van der Waals surface area contributed by atoms with Crippen molar-refractivity contribution in [3.05, 3.63) is 50.6 Å². The number of aliphatic carboxylic acids is 2. The molecule has 0 amide bonds. The van der Waals surface area contributed by atoms with Gasteiger partial charge in [-0.1, -0.05) is 26.3 Å². The SMILES string of the molecule is C=CC(=O)O.C=CC(=O)O.C=CC(=O)OCCC(C)OC(=O)C=C. The average molecular weight is 342 g/mol. The number of ether oxygens (including phenoxy) is 2. The first-order valence-corrected chi connectivity index (χ1v) is 6.47. The van der Waals surface area contributed by atoms with E-state index in [0.717, 1.165) is 24.3 Å². The predicted molar refractivity (Wildman–Crippen MR) is 87.2 cm³/mol. The van der Waals surface area contributed by atoms with E-state index in [0.29, 0.717) is 6.42 Å². The monoisotopic (exact) mass is 342 g/mol. The molecule has 0 aliphatic rings. The summed E-state index contributed by atoms with van der Waals surface area (Å²) in [5, 5.41) is 15.2. The van der Waals surface area contributed by atoms with Gasteiger partial charge in [-0.05, 0) is 6.92 Å². The third-order valence-electron chi connectivity index (χ3n) is 1.77. The fourth-order valence-electron chi connectivity index (χ4n) is 0.690. The zero-order chi connectivity index (χ0) is 19.5. The van der Waals surface area contributed by atoms with Gasteiger partial charge in [-0.15, -0.1) is 0 Å². The van der Waals surface area contributed by atoms with Crippen molar-refractivity contribution in [1.82, 2.24) is 0 Å². The van der Waals surface area contributed by atoms with Crippen LogP contribution in [0.1, 0.15) is 13.3 Å². The Kier molecular flexibility index (Phi) is 19.2. The van der Waals surface area contributed by atoms with Crippen molar-refractivity contribution in [1.29, 1.82) is 0 Å². The van der Waals surface area contributed by atoms with E-state index in [2.05, 4.69) is 26.3 Å². The fourth-order valence-corrected chi connectivity index (χ4v) is 0.690. The third-order valence-corrected chi connectivity index (χ3v) is 1.77. The van der Waals surface area contributed by atoms with Crippen LogP contribution < -0.4 is 0 Å². The molecule has 0 fully saturated rings. The summed E-state index contributed by atoms with van der Waals surface area (Å²) in [7, 11) is 0. The van der Waals surface area contributed by atoms with Crippen LogP contribution in [0, 0.1) is 0 Å². The van der Waals surface area contributed by atoms with Crippen LogP contribution >= 0.6 is 0 Å². The van der Waals surface area contributed by atoms with Gasteiger partial charge in [0.1, 0.15) is 6.10 Å². The van der Waals surface area contributed by atoms with Gasteiger partial charge in [-0.2, -0.15) is 0 Å². The van der Waals surface area contributed by atoms with Gasteiger partial charge in [-0.3, -0.25) is 0 Å². The molecule has 24 heavy (non-hydrogen) atoms. The molecule has 0 spiro atoms. The lowest BCUT2D eigenvalue weighted by Crippen LogP contribution is -2.16. The molecule has 134 valence electrons. The minimum atomic E-state index is -0.981. The van der Waals surface area contributed by atoms with E-state index in [1.807, 2.05) is 0 Å². The molecule has 0 rings (SSSR count). The number of rotatable bonds is 8. The lowest BCUT2D eigenvalue weighted by atomic mass is 10.3. The van der Waals surface area contributed by atoms with Crippen molar-refractivity contribution in [2.45, 2.75) is 19.4 Å². The quantitative estimate of drug-likeness (QED) is 0.504. The largest absolute Gasteiger partial charge is 0.478 e. The van der Waals surface area contributed by atoms with Gasteiger partial charge >= 0.3 is 23.9 Å². The molecule has 0 aromatic heterocycles. The number of hydrogen-bond donors (Lipinski definition) is 2. The molecule has 0 heterocycles. The Hall–Kier alpha value is -3.16. The summed E-state index contributed by atoms with van der Waals surface area (Å²) < 4.78 is 9.54. The van der Waals surface area contributed by atoms with Crippen LogP contribution in [0.4, 0.5) is 0 Å². The molecule has 0 radical (unpaired) electrons. The maximum absolute atomic E-state index is 10.7. The lowest BCUT2D eigenvalue weighted by molar-refractivity contribution is -0.144. The summed E-state index contributed by atoms with van der Waals surface area (Å²) in [4.78, 5) is 39.8. The number of carboxylic acids is 2. The van der Waals surface area contributed by atoms with Crippen LogP contribution in [0.25, 0.3) is 0 Å². The molecule has 0 bridgehead atoms. The first-order chi connectivity index (χ1) is 11.1. The van der Waals surface area contributed by atoms with Crippen molar-refractivity contribution < 1.29 is 38.9 Å². The molecule has 0 saturated heterocycles. The maximum atomic E-state index is 10.7. The van der Waals surface area contributed by atoms with E-state index in [-0.39, 0.29) is 12.7 Å². The normalized spacial score (nSPS) is 9.21. The molecule has 0 saturated carbocycles. The Bertz CT molecular complexity index is 447. The van der Waals surface area contributed by atoms with Crippen molar-refractivity contribution in [3.8, 4) is 0 Å². The number of hydrogen-bond acceptors (Lipinski definition) is 6. The number of carbonyl (C=O) groups is 4. The molecule has 8 heteroatoms. The smallest absolute Gasteiger partial charge is 0.330 e. The van der Waals surface area contributed by atoms with Crippen molar-refractivity contribution in [2.24, 2.45) is 0 Å². The Balaban J connectivity index is -0.000000361. The van der Waals surface area contributed by atoms with Crippen LogP contribution in [0.15, 0.2) is 50.6 Å². The van der Waals surface area contributed by atoms with Crippen molar-refractivity contribution >= 4 is 23.9 Å². The Morgan fingerprint density at radius 1 is 0.875 bits per heavy atom. The summed E-state index contributed by atoms with van der Waals surface area (Å²) in [6.45, 7) is 14.3. The molecule has 2 N–H and O–H groups in total. The molecule has 1 atom stereocenters. The minimum Gasteiger partial charge on any atom is -0.478 e. The van der Waals surface area contributed by atoms with Gasteiger partial charge in [0.15, 0.2) is 0 Å². The first kappa shape index (κ1) is 25.8. The van der Waals surface area contributed by atoms with E-state index >= 15 is 0 Å². The Labute approximate surface area is 140 Å². The van der Waals surface area contributed by atoms with E-state index < -0.39 is 23.9 Å². The molecule has 0 aromatic rings. The van der Waals surface area contributed by atoms with E-state index in [1.54, 1.807) is 6.92 Å². The molecule has 8 nitrogen and oxygen atoms in total. The highest BCUT2D eigenvalue weighted by atomic mass is 16.6. The first-order valence-electron chi connectivity index (χ1n) is 6.47. The number of carboxylic acid groups (broad SMARTS) is 2. The van der Waals surface area contributed by atoms with Crippen molar-refractivity contribution in [3.63, 3.8) is 0 Å². The second-order valence-electron chi connectivity index (χ2n) is 3.70. The second-order valence-corrected chi connectivity index (χ2v) is 3.70. The van der Waals surface area contributed by atoms with Gasteiger partial charge in [0.05, 0.1) is 6.61 Å². The molecule has 1 unspecified atom stereocenters. The van der Waals surface area contributed by atoms with Crippen LogP contribution in [0.2, 0.25) is 0 Å². The van der Waals surface area contributed by atoms with Crippen LogP contribution in [-0.2, 0) is 28.7 Å². The maximum Gasteiger partial charge on any atom is 0.330 e. The van der Waals surface area contributed by atoms with Crippen LogP contribution in [0.5, 0.6) is 0 Å². The highest BCUT2D eigenvalue weighted by Gasteiger charge is 2.06. The topological polar surface area (TPSA) is 127 Å². The van der Waals surface area contributed by atoms with Gasteiger partial charge in [-0.25, -0.2) is 19.2 Å². The van der Waals surface area contributed by atoms with Crippen molar-refractivity contribution in [2.75, 3.05) is 6.61 Å². The zero-order valence-electron chi connectivity index (χ0n) is 13.5. The van der Waals surface area contributed by atoms with Gasteiger partial charge < -0.3 is 19.7 Å². The molecule has 0 aliphatic carbocycles. The molecular formula is C16H22O8. The summed E-state index contributed by atoms with van der Waals surface area (Å²) in [6.07, 6.45) is 4.00. The van der Waals surface area contributed by atoms with Crippen LogP contribution in [-0.4, -0.2) is 46.8 Å². The summed E-state index contributed by atoms with van der Waals surface area (Å²) in [6, 6.07) is 0. The zero-order valence-corrected chi connectivity index (χ0v) is 13.5. The van der Waals surface area contributed by atoms with Crippen LogP contribution in [0.3, 0.4) is 0 Å². The molecule has 0 aliphatic heterocycles. The number of esters is 2. The van der Waals surface area contributed by atoms with E-state index in [9.17, 15) is 19.2 Å². The standard InChI is InChI=1S/C10H14O4.2C3H4O2/c1-4-9(11)13-7-6-8(3)14-10(12)5-2;2*1-2-3(4)5/h4-5,8H,1-2,6-7H2,3H3;2*2H,1H2,(H,4,5). The Morgan fingerprint density at radius 3 is 1.54 bits per heavy atom. The highest BCUT2D eigenvalue weighted by molar-refractivity contribution is 5.81. The lowest BCUT2D eigenvalue weighted by Gasteiger charge is -2.11. The van der Waals surface area contributed by atoms with Gasteiger partial charge in [0.2, 0.25) is 0 Å². The molecular weight excluding hydrogens is 320 g/mol. The minimum absolute atomic E-state index is 0.205. The fraction of sp³-hybridized carbons (Fsp3) is 0.250. The summed E-state index contributed by atoms with van der Waals surface area (Å²) in [5.41, 5.74) is 0. The second kappa shape index (κ2) is 17.9. The highest BCUT2D eigenvalue weighted by Crippen LogP contribution is 1.99. The Morgan fingerprint density at radius 2 is 1.25 bits per heavy atom. The van der Waals surface area contributed by atoms with Gasteiger partial charge in [0.25, 0.3) is 0 Å². The summed E-state index contributed by atoms with van der Waals surface area (Å²) >= 11 is 0. The molecule has 0 aromatic carbocycles. The van der Waals surface area contributed by atoms with E-state index in [1.165, 1.54) is 0 Å². The predicted octanol–water partition coefficient (Wildman–Crippen LogP) is 1.74. The van der Waals surface area contributed by atoms with Gasteiger partial charge in [0, 0.05) is 30.7 Å². The third kappa shape index (κ3) is 27.2.